The second-order valence-corrected chi connectivity index (χ2v) is 6.73. The van der Waals surface area contributed by atoms with Crippen LogP contribution in [0.15, 0.2) is 47.5 Å². The van der Waals surface area contributed by atoms with Crippen LogP contribution < -0.4 is 24.8 Å². The molecule has 0 fully saturated rings. The van der Waals surface area contributed by atoms with E-state index >= 15 is 0 Å². The molecule has 2 aromatic rings. The van der Waals surface area contributed by atoms with Crippen LogP contribution >= 0.6 is 0 Å². The summed E-state index contributed by atoms with van der Waals surface area (Å²) in [6, 6.07) is 13.1. The number of rotatable bonds is 8. The molecule has 0 radical (unpaired) electrons. The zero-order valence-electron chi connectivity index (χ0n) is 17.2. The van der Waals surface area contributed by atoms with Gasteiger partial charge in [0.05, 0.1) is 13.2 Å². The maximum atomic E-state index is 12.9. The Hall–Kier alpha value is -3.03. The van der Waals surface area contributed by atoms with Crippen molar-refractivity contribution < 1.29 is 23.0 Å². The Bertz CT molecular complexity index is 861. The summed E-state index contributed by atoms with van der Waals surface area (Å²) in [6.07, 6.45) is 0.907. The SMILES string of the molecule is CCOc1cccc(CNC(=NC)NCC2CCOc3ccccc32)c1OC(F)F. The Kier molecular flexibility index (Phi) is 7.70. The van der Waals surface area contributed by atoms with Gasteiger partial charge in [-0.05, 0) is 31.0 Å². The van der Waals surface area contributed by atoms with Gasteiger partial charge < -0.3 is 24.8 Å². The Morgan fingerprint density at radius 3 is 2.80 bits per heavy atom. The molecule has 30 heavy (non-hydrogen) atoms. The van der Waals surface area contributed by atoms with E-state index in [0.717, 1.165) is 12.2 Å². The quantitative estimate of drug-likeness (QED) is 0.502. The first-order valence-electron chi connectivity index (χ1n) is 9.98. The summed E-state index contributed by atoms with van der Waals surface area (Å²) < 4.78 is 41.6. The van der Waals surface area contributed by atoms with Crippen LogP contribution in [0.3, 0.4) is 0 Å². The van der Waals surface area contributed by atoms with E-state index in [9.17, 15) is 8.78 Å². The fraction of sp³-hybridized carbons (Fsp3) is 0.409. The van der Waals surface area contributed by atoms with Crippen LogP contribution in [0.4, 0.5) is 8.78 Å². The van der Waals surface area contributed by atoms with Crippen LogP contribution in [0.5, 0.6) is 17.2 Å². The molecule has 8 heteroatoms. The van der Waals surface area contributed by atoms with Gasteiger partial charge in [0.1, 0.15) is 5.75 Å². The summed E-state index contributed by atoms with van der Waals surface area (Å²) in [6.45, 7) is 0.820. The van der Waals surface area contributed by atoms with Gasteiger partial charge in [0.15, 0.2) is 17.5 Å². The number of hydrogen-bond donors (Lipinski definition) is 2. The Balaban J connectivity index is 1.63. The number of ether oxygens (including phenoxy) is 3. The molecule has 0 spiro atoms. The smallest absolute Gasteiger partial charge is 0.387 e. The average molecular weight is 419 g/mol. The molecule has 162 valence electrons. The molecule has 0 bridgehead atoms. The molecule has 3 rings (SSSR count). The summed E-state index contributed by atoms with van der Waals surface area (Å²) in [5.41, 5.74) is 1.73. The second kappa shape index (κ2) is 10.7. The molecule has 0 saturated carbocycles. The van der Waals surface area contributed by atoms with Gasteiger partial charge in [-0.3, -0.25) is 4.99 Å². The van der Waals surface area contributed by atoms with Gasteiger partial charge in [0, 0.05) is 31.6 Å². The molecule has 0 aliphatic carbocycles. The van der Waals surface area contributed by atoms with Crippen molar-refractivity contribution in [2.75, 3.05) is 26.8 Å². The van der Waals surface area contributed by atoms with E-state index in [1.54, 1.807) is 32.2 Å². The summed E-state index contributed by atoms with van der Waals surface area (Å²) in [5, 5.41) is 6.47. The van der Waals surface area contributed by atoms with Crippen LogP contribution in [0.25, 0.3) is 0 Å². The van der Waals surface area contributed by atoms with Crippen molar-refractivity contribution in [2.45, 2.75) is 32.4 Å². The monoisotopic (exact) mass is 419 g/mol. The van der Waals surface area contributed by atoms with E-state index in [2.05, 4.69) is 21.7 Å². The fourth-order valence-electron chi connectivity index (χ4n) is 3.44. The Morgan fingerprint density at radius 1 is 1.20 bits per heavy atom. The number of nitrogens with zero attached hydrogens (tertiary/aromatic N) is 1. The lowest BCUT2D eigenvalue weighted by Crippen LogP contribution is -2.39. The van der Waals surface area contributed by atoms with Crippen molar-refractivity contribution in [3.63, 3.8) is 0 Å². The zero-order chi connectivity index (χ0) is 21.3. The van der Waals surface area contributed by atoms with E-state index in [4.69, 9.17) is 14.2 Å². The van der Waals surface area contributed by atoms with E-state index in [0.29, 0.717) is 42.9 Å². The van der Waals surface area contributed by atoms with Gasteiger partial charge >= 0.3 is 6.61 Å². The number of hydrogen-bond acceptors (Lipinski definition) is 4. The van der Waals surface area contributed by atoms with E-state index in [-0.39, 0.29) is 12.3 Å². The largest absolute Gasteiger partial charge is 0.493 e. The van der Waals surface area contributed by atoms with Crippen molar-refractivity contribution in [1.29, 1.82) is 0 Å². The van der Waals surface area contributed by atoms with E-state index in [1.807, 2.05) is 18.2 Å². The van der Waals surface area contributed by atoms with E-state index < -0.39 is 6.61 Å². The standard InChI is InChI=1S/C22H27F2N3O3/c1-3-28-19-10-6-7-16(20(19)30-21(23)24)14-27-22(25-2)26-13-15-11-12-29-18-9-5-4-8-17(15)18/h4-10,15,21H,3,11-14H2,1-2H3,(H2,25,26,27). The summed E-state index contributed by atoms with van der Waals surface area (Å²) in [5.74, 6) is 2.12. The lowest BCUT2D eigenvalue weighted by atomic mass is 9.93. The van der Waals surface area contributed by atoms with Crippen molar-refractivity contribution in [3.8, 4) is 17.2 Å². The summed E-state index contributed by atoms with van der Waals surface area (Å²) >= 11 is 0. The Morgan fingerprint density at radius 2 is 2.03 bits per heavy atom. The molecule has 0 amide bonds. The lowest BCUT2D eigenvalue weighted by molar-refractivity contribution is -0.0520. The van der Waals surface area contributed by atoms with Gasteiger partial charge in [-0.1, -0.05) is 30.3 Å². The van der Waals surface area contributed by atoms with Crippen LogP contribution in [-0.2, 0) is 6.54 Å². The molecule has 1 heterocycles. The second-order valence-electron chi connectivity index (χ2n) is 6.73. The van der Waals surface area contributed by atoms with E-state index in [1.165, 1.54) is 5.56 Å². The van der Waals surface area contributed by atoms with Crippen LogP contribution in [0.2, 0.25) is 0 Å². The van der Waals surface area contributed by atoms with Crippen molar-refractivity contribution in [3.05, 3.63) is 53.6 Å². The van der Waals surface area contributed by atoms with Crippen LogP contribution in [-0.4, -0.2) is 39.4 Å². The first-order valence-corrected chi connectivity index (χ1v) is 9.98. The normalized spacial score (nSPS) is 15.9. The average Bonchev–Trinajstić information content (AvgIpc) is 2.75. The molecule has 1 aliphatic heterocycles. The highest BCUT2D eigenvalue weighted by Crippen LogP contribution is 2.33. The van der Waals surface area contributed by atoms with Crippen molar-refractivity contribution in [2.24, 2.45) is 4.99 Å². The number of aliphatic imine (C=N–C) groups is 1. The molecule has 1 atom stereocenters. The topological polar surface area (TPSA) is 64.1 Å². The van der Waals surface area contributed by atoms with Crippen molar-refractivity contribution >= 4 is 5.96 Å². The maximum absolute atomic E-state index is 12.9. The molecule has 6 nitrogen and oxygen atoms in total. The lowest BCUT2D eigenvalue weighted by Gasteiger charge is -2.26. The number of nitrogens with one attached hydrogen (secondary N) is 2. The summed E-state index contributed by atoms with van der Waals surface area (Å²) in [4.78, 5) is 4.24. The van der Waals surface area contributed by atoms with Crippen molar-refractivity contribution in [1.82, 2.24) is 10.6 Å². The highest BCUT2D eigenvalue weighted by atomic mass is 19.3. The molecule has 0 aromatic heterocycles. The number of alkyl halides is 2. The molecule has 2 aromatic carbocycles. The Labute approximate surface area is 175 Å². The predicted octanol–water partition coefficient (Wildman–Crippen LogP) is 3.92. The molecule has 2 N–H and O–H groups in total. The minimum Gasteiger partial charge on any atom is -0.493 e. The molecular weight excluding hydrogens is 392 g/mol. The minimum atomic E-state index is -2.93. The van der Waals surface area contributed by atoms with Crippen LogP contribution in [0.1, 0.15) is 30.4 Å². The zero-order valence-corrected chi connectivity index (χ0v) is 17.2. The van der Waals surface area contributed by atoms with Gasteiger partial charge in [0.25, 0.3) is 0 Å². The fourth-order valence-corrected chi connectivity index (χ4v) is 3.44. The molecule has 1 unspecified atom stereocenters. The number of fused-ring (bicyclic) bond motifs is 1. The first kappa shape index (κ1) is 21.7. The number of para-hydroxylation sites is 2. The number of guanidine groups is 1. The third kappa shape index (κ3) is 5.52. The van der Waals surface area contributed by atoms with Gasteiger partial charge in [0.2, 0.25) is 0 Å². The van der Waals surface area contributed by atoms with Gasteiger partial charge in [-0.15, -0.1) is 0 Å². The molecule has 0 saturated heterocycles. The third-order valence-electron chi connectivity index (χ3n) is 4.84. The highest BCUT2D eigenvalue weighted by molar-refractivity contribution is 5.79. The van der Waals surface area contributed by atoms with Gasteiger partial charge in [-0.25, -0.2) is 0 Å². The third-order valence-corrected chi connectivity index (χ3v) is 4.84. The predicted molar refractivity (Wildman–Crippen MR) is 112 cm³/mol. The first-order chi connectivity index (χ1) is 14.6. The van der Waals surface area contributed by atoms with Crippen LogP contribution in [0, 0.1) is 0 Å². The maximum Gasteiger partial charge on any atom is 0.387 e. The molecule has 1 aliphatic rings. The number of halogens is 2. The van der Waals surface area contributed by atoms with Gasteiger partial charge in [-0.2, -0.15) is 8.78 Å². The number of benzene rings is 2. The minimum absolute atomic E-state index is 0.0376. The summed E-state index contributed by atoms with van der Waals surface area (Å²) in [7, 11) is 1.67. The highest BCUT2D eigenvalue weighted by Gasteiger charge is 2.21. The molecular formula is C22H27F2N3O3.